The molecule has 0 saturated carbocycles. The number of alkyl halides is 3. The van der Waals surface area contributed by atoms with Crippen LogP contribution in [-0.4, -0.2) is 44.2 Å². The first-order chi connectivity index (χ1) is 8.60. The number of amides is 1. The van der Waals surface area contributed by atoms with Crippen molar-refractivity contribution in [3.05, 3.63) is 14.7 Å². The third-order valence-corrected chi connectivity index (χ3v) is 5.95. The first-order valence-electron chi connectivity index (χ1n) is 4.98. The number of sulfone groups is 1. The van der Waals surface area contributed by atoms with Crippen LogP contribution in [0.2, 0.25) is 0 Å². The minimum Gasteiger partial charge on any atom is -0.328 e. The van der Waals surface area contributed by atoms with E-state index < -0.39 is 40.8 Å². The van der Waals surface area contributed by atoms with E-state index in [2.05, 4.69) is 15.9 Å². The molecule has 0 fully saturated rings. The molecule has 0 aliphatic carbocycles. The zero-order chi connectivity index (χ0) is 14.4. The van der Waals surface area contributed by atoms with E-state index in [9.17, 15) is 26.4 Å². The maximum absolute atomic E-state index is 12.4. The smallest absolute Gasteiger partial charge is 0.328 e. The lowest BCUT2D eigenvalue weighted by molar-refractivity contribution is -0.140. The van der Waals surface area contributed by atoms with Crippen LogP contribution >= 0.6 is 27.3 Å². The zero-order valence-corrected chi connectivity index (χ0v) is 12.4. The van der Waals surface area contributed by atoms with E-state index in [4.69, 9.17) is 0 Å². The quantitative estimate of drug-likeness (QED) is 0.754. The third-order valence-electron chi connectivity index (χ3n) is 2.48. The molecule has 19 heavy (non-hydrogen) atoms. The molecule has 0 unspecified atom stereocenters. The van der Waals surface area contributed by atoms with Crippen LogP contribution in [0.3, 0.4) is 0 Å². The highest BCUT2D eigenvalue weighted by Gasteiger charge is 2.38. The molecule has 0 radical (unpaired) electrons. The Bertz CT molecular complexity index is 623. The van der Waals surface area contributed by atoms with Gasteiger partial charge in [0.05, 0.1) is 14.4 Å². The number of rotatable bonds is 1. The Kier molecular flexibility index (Phi) is 3.69. The number of nitrogens with zero attached hydrogens (tertiary/aromatic N) is 1. The lowest BCUT2D eigenvalue weighted by atomic mass is 10.3. The monoisotopic (exact) mass is 377 g/mol. The number of halogens is 4. The van der Waals surface area contributed by atoms with Gasteiger partial charge in [0, 0.05) is 6.54 Å². The van der Waals surface area contributed by atoms with Gasteiger partial charge >= 0.3 is 6.18 Å². The number of fused-ring (bicyclic) bond motifs is 1. The summed E-state index contributed by atoms with van der Waals surface area (Å²) in [6.07, 6.45) is -4.56. The van der Waals surface area contributed by atoms with Gasteiger partial charge in [-0.25, -0.2) is 8.42 Å². The van der Waals surface area contributed by atoms with Crippen molar-refractivity contribution in [1.82, 2.24) is 4.90 Å². The van der Waals surface area contributed by atoms with Gasteiger partial charge in [0.15, 0.2) is 9.84 Å². The molecule has 1 aromatic heterocycles. The third kappa shape index (κ3) is 3.11. The van der Waals surface area contributed by atoms with Crippen LogP contribution in [0.5, 0.6) is 0 Å². The maximum Gasteiger partial charge on any atom is 0.406 e. The van der Waals surface area contributed by atoms with Crippen LogP contribution in [0.1, 0.15) is 9.67 Å². The maximum atomic E-state index is 12.4. The van der Waals surface area contributed by atoms with Crippen molar-refractivity contribution in [3.8, 4) is 0 Å². The highest BCUT2D eigenvalue weighted by molar-refractivity contribution is 9.11. The molecule has 4 nitrogen and oxygen atoms in total. The van der Waals surface area contributed by atoms with Crippen LogP contribution in [0.15, 0.2) is 14.7 Å². The second kappa shape index (κ2) is 4.74. The summed E-state index contributed by atoms with van der Waals surface area (Å²) >= 11 is 3.86. The summed E-state index contributed by atoms with van der Waals surface area (Å²) in [4.78, 5) is 12.1. The SMILES string of the molecule is O=C1c2sc(Br)cc2S(=O)(=O)CCN1CC(F)(F)F. The fourth-order valence-corrected chi connectivity index (χ4v) is 5.22. The summed E-state index contributed by atoms with van der Waals surface area (Å²) in [6.45, 7) is -1.91. The molecule has 106 valence electrons. The Morgan fingerprint density at radius 2 is 2.05 bits per heavy atom. The van der Waals surface area contributed by atoms with Gasteiger partial charge in [-0.1, -0.05) is 0 Å². The van der Waals surface area contributed by atoms with Crippen molar-refractivity contribution in [2.45, 2.75) is 11.1 Å². The standard InChI is InChI=1S/C9H7BrF3NO3S2/c10-6-3-5-7(18-6)8(15)14(4-9(11,12)13)1-2-19(5,16)17/h3H,1-2,4H2. The molecule has 0 atom stereocenters. The van der Waals surface area contributed by atoms with E-state index in [1.807, 2.05) is 0 Å². The van der Waals surface area contributed by atoms with Gasteiger partial charge in [-0.15, -0.1) is 11.3 Å². The Labute approximate surface area is 119 Å². The summed E-state index contributed by atoms with van der Waals surface area (Å²) in [5, 5.41) is 0. The first-order valence-corrected chi connectivity index (χ1v) is 8.24. The number of hydrogen-bond donors (Lipinski definition) is 0. The van der Waals surface area contributed by atoms with Crippen molar-refractivity contribution in [2.75, 3.05) is 18.8 Å². The molecular weight excluding hydrogens is 371 g/mol. The highest BCUT2D eigenvalue weighted by Crippen LogP contribution is 2.34. The molecule has 1 aliphatic rings. The number of hydrogen-bond acceptors (Lipinski definition) is 4. The van der Waals surface area contributed by atoms with Gasteiger partial charge in [-0.05, 0) is 22.0 Å². The van der Waals surface area contributed by atoms with Gasteiger partial charge in [0.25, 0.3) is 5.91 Å². The van der Waals surface area contributed by atoms with Crippen LogP contribution < -0.4 is 0 Å². The van der Waals surface area contributed by atoms with Crippen LogP contribution in [0.25, 0.3) is 0 Å². The van der Waals surface area contributed by atoms with Gasteiger partial charge < -0.3 is 4.90 Å². The fourth-order valence-electron chi connectivity index (χ4n) is 1.68. The Morgan fingerprint density at radius 3 is 2.63 bits per heavy atom. The van der Waals surface area contributed by atoms with Gasteiger partial charge in [-0.3, -0.25) is 4.79 Å². The van der Waals surface area contributed by atoms with E-state index in [-0.39, 0.29) is 9.77 Å². The number of carbonyl (C=O) groups is 1. The largest absolute Gasteiger partial charge is 0.406 e. The summed E-state index contributed by atoms with van der Waals surface area (Å²) in [7, 11) is -3.73. The minimum atomic E-state index is -4.56. The average molecular weight is 378 g/mol. The molecule has 0 bridgehead atoms. The minimum absolute atomic E-state index is 0.173. The fraction of sp³-hybridized carbons (Fsp3) is 0.444. The highest BCUT2D eigenvalue weighted by atomic mass is 79.9. The zero-order valence-electron chi connectivity index (χ0n) is 9.20. The predicted octanol–water partition coefficient (Wildman–Crippen LogP) is 2.30. The average Bonchev–Trinajstić information content (AvgIpc) is 2.61. The van der Waals surface area contributed by atoms with Crippen molar-refractivity contribution in [3.63, 3.8) is 0 Å². The van der Waals surface area contributed by atoms with E-state index in [1.54, 1.807) is 0 Å². The van der Waals surface area contributed by atoms with Gasteiger partial charge in [0.1, 0.15) is 11.4 Å². The normalized spacial score (nSPS) is 19.2. The van der Waals surface area contributed by atoms with Gasteiger partial charge in [0.2, 0.25) is 0 Å². The van der Waals surface area contributed by atoms with E-state index in [0.29, 0.717) is 8.69 Å². The van der Waals surface area contributed by atoms with Crippen molar-refractivity contribution in [1.29, 1.82) is 0 Å². The van der Waals surface area contributed by atoms with Gasteiger partial charge in [-0.2, -0.15) is 13.2 Å². The molecule has 0 spiro atoms. The lowest BCUT2D eigenvalue weighted by Gasteiger charge is -2.21. The Morgan fingerprint density at radius 1 is 1.42 bits per heavy atom. The number of carbonyl (C=O) groups excluding carboxylic acids is 1. The molecular formula is C9H7BrF3NO3S2. The molecule has 1 amide bonds. The van der Waals surface area contributed by atoms with E-state index >= 15 is 0 Å². The molecule has 0 N–H and O–H groups in total. The summed E-state index contributed by atoms with van der Waals surface area (Å²) in [5.41, 5.74) is 0. The second-order valence-corrected chi connectivity index (χ2v) is 8.41. The van der Waals surface area contributed by atoms with E-state index in [1.165, 1.54) is 6.07 Å². The van der Waals surface area contributed by atoms with E-state index in [0.717, 1.165) is 11.3 Å². The lowest BCUT2D eigenvalue weighted by Crippen LogP contribution is -2.39. The Hall–Kier alpha value is -0.610. The summed E-state index contributed by atoms with van der Waals surface area (Å²) < 4.78 is 61.3. The molecule has 10 heteroatoms. The van der Waals surface area contributed by atoms with Crippen LogP contribution in [-0.2, 0) is 9.84 Å². The van der Waals surface area contributed by atoms with Crippen LogP contribution in [0, 0.1) is 0 Å². The number of thiophene rings is 1. The summed E-state index contributed by atoms with van der Waals surface area (Å²) in [5.74, 6) is -1.41. The molecule has 0 saturated heterocycles. The predicted molar refractivity (Wildman–Crippen MR) is 66.0 cm³/mol. The summed E-state index contributed by atoms with van der Waals surface area (Å²) in [6, 6.07) is 1.25. The second-order valence-electron chi connectivity index (χ2n) is 3.90. The molecule has 1 aliphatic heterocycles. The first kappa shape index (κ1) is 14.8. The molecule has 2 heterocycles. The van der Waals surface area contributed by atoms with Crippen LogP contribution in [0.4, 0.5) is 13.2 Å². The topological polar surface area (TPSA) is 54.5 Å². The molecule has 2 rings (SSSR count). The molecule has 1 aromatic rings. The Balaban J connectivity index is 2.46. The molecule has 0 aromatic carbocycles. The van der Waals surface area contributed by atoms with Crippen molar-refractivity contribution in [2.24, 2.45) is 0 Å². The van der Waals surface area contributed by atoms with Crippen molar-refractivity contribution < 1.29 is 26.4 Å². The van der Waals surface area contributed by atoms with Crippen molar-refractivity contribution >= 4 is 43.0 Å².